The van der Waals surface area contributed by atoms with Crippen LogP contribution in [0.3, 0.4) is 0 Å². The Labute approximate surface area is 150 Å². The number of alkyl halides is 1. The maximum Gasteiger partial charge on any atom is 0.411 e. The first kappa shape index (κ1) is 16.3. The van der Waals surface area contributed by atoms with Gasteiger partial charge in [-0.25, -0.2) is 4.79 Å². The highest BCUT2D eigenvalue weighted by Crippen LogP contribution is 2.54. The number of rotatable bonds is 2. The molecule has 0 N–H and O–H groups in total. The molecular formula is C17H21ClN2O3S. The Morgan fingerprint density at radius 2 is 2.25 bits per heavy atom. The lowest BCUT2D eigenvalue weighted by Crippen LogP contribution is -2.38. The van der Waals surface area contributed by atoms with Crippen molar-refractivity contribution in [1.29, 1.82) is 0 Å². The number of hydrogen-bond acceptors (Lipinski definition) is 5. The maximum atomic E-state index is 12.6. The van der Waals surface area contributed by atoms with E-state index in [1.165, 1.54) is 0 Å². The minimum absolute atomic E-state index is 0.0532. The van der Waals surface area contributed by atoms with Crippen LogP contribution in [0.4, 0.5) is 4.79 Å². The molecule has 0 aromatic carbocycles. The fourth-order valence-electron chi connectivity index (χ4n) is 3.48. The molecule has 5 nitrogen and oxygen atoms in total. The van der Waals surface area contributed by atoms with Crippen molar-refractivity contribution in [1.82, 2.24) is 10.1 Å². The molecular weight excluding hydrogens is 348 g/mol. The number of carbonyl (C=O) groups excluding carboxylic acids is 1. The van der Waals surface area contributed by atoms with E-state index in [2.05, 4.69) is 5.16 Å². The molecule has 1 saturated carbocycles. The van der Waals surface area contributed by atoms with Crippen LogP contribution in [-0.2, 0) is 4.74 Å². The highest BCUT2D eigenvalue weighted by molar-refractivity contribution is 8.04. The largest absolute Gasteiger partial charge is 0.444 e. The molecule has 3 heterocycles. The fourth-order valence-corrected chi connectivity index (χ4v) is 4.60. The van der Waals surface area contributed by atoms with Gasteiger partial charge in [-0.2, -0.15) is 0 Å². The molecule has 2 fully saturated rings. The third-order valence-electron chi connectivity index (χ3n) is 4.63. The van der Waals surface area contributed by atoms with Crippen molar-refractivity contribution in [2.24, 2.45) is 5.92 Å². The first-order valence-corrected chi connectivity index (χ1v) is 9.66. The molecule has 130 valence electrons. The van der Waals surface area contributed by atoms with E-state index >= 15 is 0 Å². The predicted octanol–water partition coefficient (Wildman–Crippen LogP) is 4.79. The van der Waals surface area contributed by atoms with Crippen molar-refractivity contribution in [3.8, 4) is 0 Å². The van der Waals surface area contributed by atoms with Crippen LogP contribution in [0.25, 0.3) is 5.57 Å². The molecule has 2 aliphatic heterocycles. The average molecular weight is 369 g/mol. The van der Waals surface area contributed by atoms with E-state index in [0.717, 1.165) is 36.3 Å². The summed E-state index contributed by atoms with van der Waals surface area (Å²) in [4.78, 5) is 14.5. The molecule has 0 bridgehead atoms. The molecule has 1 aliphatic carbocycles. The average Bonchev–Trinajstić information content (AvgIpc) is 2.90. The number of thioether (sulfide) groups is 1. The molecule has 1 aromatic rings. The van der Waals surface area contributed by atoms with Crippen molar-refractivity contribution in [2.45, 2.75) is 62.4 Å². The van der Waals surface area contributed by atoms with E-state index in [4.69, 9.17) is 20.9 Å². The van der Waals surface area contributed by atoms with Gasteiger partial charge >= 0.3 is 6.09 Å². The molecule has 1 saturated heterocycles. The Hall–Kier alpha value is -1.14. The smallest absolute Gasteiger partial charge is 0.411 e. The third kappa shape index (κ3) is 3.06. The van der Waals surface area contributed by atoms with E-state index in [-0.39, 0.29) is 16.8 Å². The molecule has 0 radical (unpaired) electrons. The minimum atomic E-state index is -0.495. The van der Waals surface area contributed by atoms with Gasteiger partial charge in [0.05, 0.1) is 10.8 Å². The van der Waals surface area contributed by atoms with E-state index in [1.54, 1.807) is 11.8 Å². The number of fused-ring (bicyclic) bond motifs is 1. The Kier molecular flexibility index (Phi) is 3.88. The number of ether oxygens (including phenoxy) is 1. The third-order valence-corrected chi connectivity index (χ3v) is 5.98. The van der Waals surface area contributed by atoms with Crippen LogP contribution < -0.4 is 0 Å². The summed E-state index contributed by atoms with van der Waals surface area (Å²) < 4.78 is 11.2. The van der Waals surface area contributed by atoms with Gasteiger partial charge in [0.15, 0.2) is 5.76 Å². The van der Waals surface area contributed by atoms with E-state index < -0.39 is 5.60 Å². The molecule has 1 amide bonds. The van der Waals surface area contributed by atoms with Gasteiger partial charge in [0.1, 0.15) is 11.3 Å². The summed E-state index contributed by atoms with van der Waals surface area (Å²) in [5.41, 5.74) is 1.39. The molecule has 7 heteroatoms. The molecule has 4 rings (SSSR count). The quantitative estimate of drug-likeness (QED) is 0.702. The van der Waals surface area contributed by atoms with Gasteiger partial charge in [-0.3, -0.25) is 4.90 Å². The van der Waals surface area contributed by atoms with Gasteiger partial charge in [-0.15, -0.1) is 23.4 Å². The van der Waals surface area contributed by atoms with Crippen molar-refractivity contribution in [2.75, 3.05) is 0 Å². The monoisotopic (exact) mass is 368 g/mol. The summed E-state index contributed by atoms with van der Waals surface area (Å²) in [6, 6.07) is 2.19. The number of hydrogen-bond donors (Lipinski definition) is 0. The Morgan fingerprint density at radius 1 is 1.46 bits per heavy atom. The van der Waals surface area contributed by atoms with Gasteiger partial charge in [0.25, 0.3) is 0 Å². The number of carbonyl (C=O) groups is 1. The lowest BCUT2D eigenvalue weighted by Gasteiger charge is -2.29. The zero-order chi connectivity index (χ0) is 17.1. The number of piperidine rings is 1. The van der Waals surface area contributed by atoms with Crippen LogP contribution >= 0.6 is 23.4 Å². The minimum Gasteiger partial charge on any atom is -0.444 e. The number of allylic oxidation sites excluding steroid dienone is 1. The predicted molar refractivity (Wildman–Crippen MR) is 93.7 cm³/mol. The van der Waals surface area contributed by atoms with Crippen LogP contribution in [0.2, 0.25) is 0 Å². The number of likely N-dealkylation sites (tertiary alicyclic amines) is 1. The van der Waals surface area contributed by atoms with Gasteiger partial charge in [0, 0.05) is 24.1 Å². The van der Waals surface area contributed by atoms with Crippen LogP contribution in [0.1, 0.15) is 57.5 Å². The van der Waals surface area contributed by atoms with Crippen molar-refractivity contribution < 1.29 is 14.1 Å². The van der Waals surface area contributed by atoms with Crippen molar-refractivity contribution in [3.05, 3.63) is 22.9 Å². The zero-order valence-electron chi connectivity index (χ0n) is 14.0. The number of aromatic nitrogens is 1. The van der Waals surface area contributed by atoms with Crippen molar-refractivity contribution >= 4 is 35.0 Å². The summed E-state index contributed by atoms with van der Waals surface area (Å²) in [6.45, 7) is 5.67. The molecule has 1 unspecified atom stereocenters. The second kappa shape index (κ2) is 5.70. The van der Waals surface area contributed by atoms with Crippen LogP contribution in [0, 0.1) is 5.92 Å². The van der Waals surface area contributed by atoms with E-state index in [1.807, 2.05) is 37.1 Å². The van der Waals surface area contributed by atoms with Gasteiger partial charge in [-0.1, -0.05) is 5.16 Å². The van der Waals surface area contributed by atoms with Gasteiger partial charge in [-0.05, 0) is 44.9 Å². The van der Waals surface area contributed by atoms with E-state index in [9.17, 15) is 4.79 Å². The normalized spacial score (nSPS) is 31.8. The molecule has 0 spiro atoms. The second-order valence-electron chi connectivity index (χ2n) is 7.71. The van der Waals surface area contributed by atoms with Crippen molar-refractivity contribution in [3.63, 3.8) is 0 Å². The second-order valence-corrected chi connectivity index (χ2v) is 9.57. The Morgan fingerprint density at radius 3 is 2.92 bits per heavy atom. The highest BCUT2D eigenvalue weighted by atomic mass is 35.5. The summed E-state index contributed by atoms with van der Waals surface area (Å²) >= 11 is 7.71. The first-order chi connectivity index (χ1) is 11.3. The summed E-state index contributed by atoms with van der Waals surface area (Å²) in [7, 11) is 0. The van der Waals surface area contributed by atoms with E-state index in [0.29, 0.717) is 12.0 Å². The van der Waals surface area contributed by atoms with Crippen LogP contribution in [0.5, 0.6) is 0 Å². The standard InChI is InChI=1S/C17H21ClN2O3S/c1-17(2,3)22-16(21)20-12-4-9(12)5-13(20)11-7-14(23-19-11)10-6-15(18)24-8-10/h7-9,12-13,15H,4-6H2,1-3H3/t9-,12-,13-,15?/m1/s1. The lowest BCUT2D eigenvalue weighted by molar-refractivity contribution is 0.0176. The zero-order valence-corrected chi connectivity index (χ0v) is 15.6. The molecule has 4 atom stereocenters. The molecule has 1 aromatic heterocycles. The van der Waals surface area contributed by atoms with Gasteiger partial charge < -0.3 is 9.26 Å². The number of nitrogens with zero attached hydrogens (tertiary/aromatic N) is 2. The van der Waals surface area contributed by atoms with Crippen LogP contribution in [-0.4, -0.2) is 32.5 Å². The summed E-state index contributed by atoms with van der Waals surface area (Å²) in [6.07, 6.45) is 2.52. The first-order valence-electron chi connectivity index (χ1n) is 8.29. The SMILES string of the molecule is CC(C)(C)OC(=O)N1[C@@H](c2cc(C3=CSC(Cl)C3)on2)C[C@H]2C[C@H]21. The Balaban J connectivity index is 1.53. The number of halogens is 1. The molecule has 3 aliphatic rings. The molecule has 24 heavy (non-hydrogen) atoms. The number of amides is 1. The highest BCUT2D eigenvalue weighted by Gasteiger charge is 2.56. The summed E-state index contributed by atoms with van der Waals surface area (Å²) in [5, 5.41) is 6.26. The Bertz CT molecular complexity index is 696. The van der Waals surface area contributed by atoms with Gasteiger partial charge in [0.2, 0.25) is 0 Å². The summed E-state index contributed by atoms with van der Waals surface area (Å²) in [5.74, 6) is 1.32. The topological polar surface area (TPSA) is 55.6 Å². The fraction of sp³-hybridized carbons (Fsp3) is 0.647. The van der Waals surface area contributed by atoms with Crippen LogP contribution in [0.15, 0.2) is 16.0 Å². The lowest BCUT2D eigenvalue weighted by atomic mass is 10.1. The maximum absolute atomic E-state index is 12.6.